The normalized spacial score (nSPS) is 11.8. The maximum Gasteiger partial charge on any atom is 0.225 e. The minimum Gasteiger partial charge on any atom is -0.508 e. The second kappa shape index (κ2) is 6.05. The third kappa shape index (κ3) is 3.58. The molecule has 0 aliphatic carbocycles. The average molecular weight is 255 g/mol. The van der Waals surface area contributed by atoms with E-state index in [1.165, 1.54) is 0 Å². The molecule has 0 spiro atoms. The van der Waals surface area contributed by atoms with Crippen LogP contribution in [0, 0.1) is 0 Å². The molecule has 3 heteroatoms. The molecule has 3 nitrogen and oxygen atoms in total. The standard InChI is InChI=1S/C16H17NO2/c1-12(13-7-3-2-4-8-13)17-16(19)11-14-9-5-6-10-15(14)18/h2-10,12,18H,11H2,1H3,(H,17,19)/t12-/m0/s1. The molecular weight excluding hydrogens is 238 g/mol. The van der Waals surface area contributed by atoms with Crippen LogP contribution in [0.15, 0.2) is 54.6 Å². The fourth-order valence-electron chi connectivity index (χ4n) is 1.95. The van der Waals surface area contributed by atoms with Crippen LogP contribution in [-0.2, 0) is 11.2 Å². The molecule has 0 unspecified atom stereocenters. The number of benzene rings is 2. The number of aromatic hydroxyl groups is 1. The highest BCUT2D eigenvalue weighted by molar-refractivity contribution is 5.79. The summed E-state index contributed by atoms with van der Waals surface area (Å²) in [4.78, 5) is 11.9. The van der Waals surface area contributed by atoms with E-state index in [9.17, 15) is 9.90 Å². The van der Waals surface area contributed by atoms with Crippen LogP contribution in [0.3, 0.4) is 0 Å². The summed E-state index contributed by atoms with van der Waals surface area (Å²) in [5, 5.41) is 12.6. The number of para-hydroxylation sites is 1. The van der Waals surface area contributed by atoms with Crippen molar-refractivity contribution in [3.63, 3.8) is 0 Å². The summed E-state index contributed by atoms with van der Waals surface area (Å²) >= 11 is 0. The molecule has 0 bridgehead atoms. The molecular formula is C16H17NO2. The quantitative estimate of drug-likeness (QED) is 0.882. The van der Waals surface area contributed by atoms with Gasteiger partial charge in [-0.1, -0.05) is 48.5 Å². The smallest absolute Gasteiger partial charge is 0.225 e. The summed E-state index contributed by atoms with van der Waals surface area (Å²) in [5.74, 6) is 0.0582. The number of amides is 1. The first kappa shape index (κ1) is 13.1. The number of rotatable bonds is 4. The summed E-state index contributed by atoms with van der Waals surface area (Å²) in [6, 6.07) is 16.6. The Morgan fingerprint density at radius 3 is 2.42 bits per heavy atom. The second-order valence-electron chi connectivity index (χ2n) is 4.51. The van der Waals surface area contributed by atoms with E-state index < -0.39 is 0 Å². The first-order valence-corrected chi connectivity index (χ1v) is 6.28. The molecule has 2 aromatic carbocycles. The van der Waals surface area contributed by atoms with Crippen molar-refractivity contribution in [2.45, 2.75) is 19.4 Å². The first-order valence-electron chi connectivity index (χ1n) is 6.28. The molecule has 98 valence electrons. The SMILES string of the molecule is C[C@H](NC(=O)Cc1ccccc1O)c1ccccc1. The van der Waals surface area contributed by atoms with Gasteiger partial charge >= 0.3 is 0 Å². The minimum absolute atomic E-state index is 0.0421. The highest BCUT2D eigenvalue weighted by Gasteiger charge is 2.11. The summed E-state index contributed by atoms with van der Waals surface area (Å²) in [6.45, 7) is 1.94. The van der Waals surface area contributed by atoms with E-state index in [0.29, 0.717) is 5.56 Å². The number of hydrogen-bond acceptors (Lipinski definition) is 2. The van der Waals surface area contributed by atoms with Crippen LogP contribution in [0.2, 0.25) is 0 Å². The molecule has 1 amide bonds. The first-order chi connectivity index (χ1) is 9.16. The molecule has 0 saturated carbocycles. The van der Waals surface area contributed by atoms with Gasteiger partial charge in [0.25, 0.3) is 0 Å². The van der Waals surface area contributed by atoms with Gasteiger partial charge in [-0.15, -0.1) is 0 Å². The van der Waals surface area contributed by atoms with E-state index in [1.807, 2.05) is 43.3 Å². The zero-order valence-electron chi connectivity index (χ0n) is 10.8. The molecule has 0 fully saturated rings. The third-order valence-electron chi connectivity index (χ3n) is 3.02. The Morgan fingerprint density at radius 2 is 1.74 bits per heavy atom. The monoisotopic (exact) mass is 255 g/mol. The van der Waals surface area contributed by atoms with Crippen molar-refractivity contribution in [3.8, 4) is 5.75 Å². The van der Waals surface area contributed by atoms with Gasteiger partial charge in [0.05, 0.1) is 12.5 Å². The van der Waals surface area contributed by atoms with Crippen molar-refractivity contribution in [2.75, 3.05) is 0 Å². The topological polar surface area (TPSA) is 49.3 Å². The number of carbonyl (C=O) groups is 1. The maximum atomic E-state index is 11.9. The lowest BCUT2D eigenvalue weighted by molar-refractivity contribution is -0.121. The summed E-state index contributed by atoms with van der Waals surface area (Å²) in [5.41, 5.74) is 1.70. The average Bonchev–Trinajstić information content (AvgIpc) is 2.42. The maximum absolute atomic E-state index is 11.9. The highest BCUT2D eigenvalue weighted by atomic mass is 16.3. The van der Waals surface area contributed by atoms with Crippen molar-refractivity contribution in [1.29, 1.82) is 0 Å². The molecule has 0 aliphatic rings. The van der Waals surface area contributed by atoms with Gasteiger partial charge in [-0.05, 0) is 18.6 Å². The summed E-state index contributed by atoms with van der Waals surface area (Å²) in [6.07, 6.45) is 0.184. The molecule has 0 aliphatic heterocycles. The highest BCUT2D eigenvalue weighted by Crippen LogP contribution is 2.17. The molecule has 19 heavy (non-hydrogen) atoms. The van der Waals surface area contributed by atoms with E-state index in [4.69, 9.17) is 0 Å². The molecule has 2 aromatic rings. The Bertz CT molecular complexity index is 552. The van der Waals surface area contributed by atoms with Crippen LogP contribution < -0.4 is 5.32 Å². The zero-order chi connectivity index (χ0) is 13.7. The minimum atomic E-state index is -0.0992. The lowest BCUT2D eigenvalue weighted by Crippen LogP contribution is -2.28. The van der Waals surface area contributed by atoms with Gasteiger partial charge in [-0.3, -0.25) is 4.79 Å². The summed E-state index contributed by atoms with van der Waals surface area (Å²) < 4.78 is 0. The molecule has 0 saturated heterocycles. The van der Waals surface area contributed by atoms with Crippen LogP contribution in [0.4, 0.5) is 0 Å². The van der Waals surface area contributed by atoms with Crippen LogP contribution >= 0.6 is 0 Å². The van der Waals surface area contributed by atoms with Gasteiger partial charge in [0.2, 0.25) is 5.91 Å². The fraction of sp³-hybridized carbons (Fsp3) is 0.188. The lowest BCUT2D eigenvalue weighted by atomic mass is 10.1. The van der Waals surface area contributed by atoms with Gasteiger partial charge in [0.15, 0.2) is 0 Å². The third-order valence-corrected chi connectivity index (χ3v) is 3.02. The number of hydrogen-bond donors (Lipinski definition) is 2. The zero-order valence-corrected chi connectivity index (χ0v) is 10.8. The van der Waals surface area contributed by atoms with E-state index in [2.05, 4.69) is 5.32 Å². The van der Waals surface area contributed by atoms with Gasteiger partial charge < -0.3 is 10.4 Å². The molecule has 0 aromatic heterocycles. The summed E-state index contributed by atoms with van der Waals surface area (Å²) in [7, 11) is 0. The van der Waals surface area contributed by atoms with Gasteiger partial charge in [-0.25, -0.2) is 0 Å². The number of phenolic OH excluding ortho intramolecular Hbond substituents is 1. The predicted octanol–water partition coefficient (Wildman–Crippen LogP) is 2.81. The number of carbonyl (C=O) groups excluding carboxylic acids is 1. The van der Waals surface area contributed by atoms with Gasteiger partial charge in [0.1, 0.15) is 5.75 Å². The Hall–Kier alpha value is -2.29. The number of phenols is 1. The lowest BCUT2D eigenvalue weighted by Gasteiger charge is -2.14. The van der Waals surface area contributed by atoms with E-state index in [1.54, 1.807) is 18.2 Å². The molecule has 2 N–H and O–H groups in total. The molecule has 0 heterocycles. The largest absolute Gasteiger partial charge is 0.508 e. The Balaban J connectivity index is 1.97. The van der Waals surface area contributed by atoms with Crippen LogP contribution in [-0.4, -0.2) is 11.0 Å². The van der Waals surface area contributed by atoms with E-state index in [0.717, 1.165) is 5.56 Å². The molecule has 0 radical (unpaired) electrons. The Labute approximate surface area is 112 Å². The van der Waals surface area contributed by atoms with Crippen molar-refractivity contribution in [2.24, 2.45) is 0 Å². The second-order valence-corrected chi connectivity index (χ2v) is 4.51. The van der Waals surface area contributed by atoms with Gasteiger partial charge in [0, 0.05) is 5.56 Å². The fourth-order valence-corrected chi connectivity index (χ4v) is 1.95. The van der Waals surface area contributed by atoms with Crippen LogP contribution in [0.5, 0.6) is 5.75 Å². The Morgan fingerprint density at radius 1 is 1.11 bits per heavy atom. The molecule has 2 rings (SSSR count). The van der Waals surface area contributed by atoms with E-state index >= 15 is 0 Å². The van der Waals surface area contributed by atoms with Crippen molar-refractivity contribution < 1.29 is 9.90 Å². The van der Waals surface area contributed by atoms with Crippen molar-refractivity contribution in [3.05, 3.63) is 65.7 Å². The van der Waals surface area contributed by atoms with Gasteiger partial charge in [-0.2, -0.15) is 0 Å². The van der Waals surface area contributed by atoms with Crippen molar-refractivity contribution >= 4 is 5.91 Å². The van der Waals surface area contributed by atoms with Crippen LogP contribution in [0.1, 0.15) is 24.1 Å². The molecule has 1 atom stereocenters. The van der Waals surface area contributed by atoms with Crippen LogP contribution in [0.25, 0.3) is 0 Å². The Kier molecular flexibility index (Phi) is 4.18. The number of nitrogens with one attached hydrogen (secondary N) is 1. The van der Waals surface area contributed by atoms with Crippen molar-refractivity contribution in [1.82, 2.24) is 5.32 Å². The van der Waals surface area contributed by atoms with E-state index in [-0.39, 0.29) is 24.1 Å². The predicted molar refractivity (Wildman–Crippen MR) is 74.8 cm³/mol.